The minimum atomic E-state index is -3.12. The highest BCUT2D eigenvalue weighted by Gasteiger charge is 2.23. The first-order valence-electron chi connectivity index (χ1n) is 8.53. The Kier molecular flexibility index (Phi) is 5.99. The number of nitro groups is 1. The first-order valence-corrected chi connectivity index (χ1v) is 9.31. The van der Waals surface area contributed by atoms with Gasteiger partial charge in [0, 0.05) is 62.0 Å². The van der Waals surface area contributed by atoms with Gasteiger partial charge in [0.1, 0.15) is 5.82 Å². The molecule has 1 aliphatic rings. The number of hydrogen-bond acceptors (Lipinski definition) is 8. The summed E-state index contributed by atoms with van der Waals surface area (Å²) in [7, 11) is 0. The van der Waals surface area contributed by atoms with Crippen molar-refractivity contribution in [1.82, 2.24) is 9.36 Å². The predicted molar refractivity (Wildman–Crippen MR) is 98.1 cm³/mol. The van der Waals surface area contributed by atoms with E-state index in [1.54, 1.807) is 6.07 Å². The summed E-state index contributed by atoms with van der Waals surface area (Å²) < 4.78 is 33.8. The van der Waals surface area contributed by atoms with Crippen molar-refractivity contribution in [2.75, 3.05) is 36.0 Å². The molecular formula is C16H19F2N5O3S. The molecule has 11 heteroatoms. The number of halogens is 2. The highest BCUT2D eigenvalue weighted by Crippen LogP contribution is 2.33. The third-order valence-corrected chi connectivity index (χ3v) is 5.08. The minimum absolute atomic E-state index is 0.426. The van der Waals surface area contributed by atoms with Crippen LogP contribution >= 0.6 is 11.5 Å². The Balaban J connectivity index is 1.75. The van der Waals surface area contributed by atoms with E-state index in [4.69, 9.17) is 0 Å². The van der Waals surface area contributed by atoms with Crippen LogP contribution in [-0.4, -0.2) is 47.1 Å². The number of benzene rings is 1. The third-order valence-electron chi connectivity index (χ3n) is 4.26. The van der Waals surface area contributed by atoms with Gasteiger partial charge in [0.25, 0.3) is 0 Å². The molecule has 27 heavy (non-hydrogen) atoms. The van der Waals surface area contributed by atoms with Gasteiger partial charge in [0.05, 0.1) is 4.92 Å². The van der Waals surface area contributed by atoms with Crippen LogP contribution in [0.15, 0.2) is 18.2 Å². The SMILES string of the molecule is CCc1nsc(N2CCCN(c3ccc([N+](=O)[O-])c(OC(F)F)c3)CC2)n1. The minimum Gasteiger partial charge on any atom is -0.427 e. The normalized spacial score (nSPS) is 15.1. The quantitative estimate of drug-likeness (QED) is 0.544. The molecule has 8 nitrogen and oxygen atoms in total. The fourth-order valence-electron chi connectivity index (χ4n) is 2.92. The second-order valence-corrected chi connectivity index (χ2v) is 6.69. The van der Waals surface area contributed by atoms with Gasteiger partial charge in [-0.3, -0.25) is 10.1 Å². The summed E-state index contributed by atoms with van der Waals surface area (Å²) in [6.07, 6.45) is 1.62. The molecule has 2 aromatic rings. The van der Waals surface area contributed by atoms with Crippen molar-refractivity contribution in [1.29, 1.82) is 0 Å². The van der Waals surface area contributed by atoms with Gasteiger partial charge in [-0.15, -0.1) is 0 Å². The van der Waals surface area contributed by atoms with Gasteiger partial charge >= 0.3 is 12.3 Å². The molecule has 146 valence electrons. The highest BCUT2D eigenvalue weighted by molar-refractivity contribution is 7.09. The Hall–Kier alpha value is -2.56. The summed E-state index contributed by atoms with van der Waals surface area (Å²) in [5, 5.41) is 11.9. The number of nitro benzene ring substituents is 1. The number of aromatic nitrogens is 2. The molecular weight excluding hydrogens is 380 g/mol. The van der Waals surface area contributed by atoms with Crippen LogP contribution in [0.5, 0.6) is 5.75 Å². The molecule has 3 rings (SSSR count). The van der Waals surface area contributed by atoms with Gasteiger partial charge in [-0.05, 0) is 12.5 Å². The number of alkyl halides is 2. The average Bonchev–Trinajstić information content (AvgIpc) is 2.98. The van der Waals surface area contributed by atoms with Crippen LogP contribution in [0.2, 0.25) is 0 Å². The lowest BCUT2D eigenvalue weighted by Crippen LogP contribution is -2.30. The van der Waals surface area contributed by atoms with Crippen molar-refractivity contribution in [3.05, 3.63) is 34.1 Å². The van der Waals surface area contributed by atoms with E-state index in [0.717, 1.165) is 30.3 Å². The lowest BCUT2D eigenvalue weighted by molar-refractivity contribution is -0.386. The zero-order valence-corrected chi connectivity index (χ0v) is 15.5. The Morgan fingerprint density at radius 2 is 2.04 bits per heavy atom. The molecule has 0 atom stereocenters. The first-order chi connectivity index (χ1) is 13.0. The number of rotatable bonds is 6. The molecule has 2 heterocycles. The first kappa shape index (κ1) is 19.2. The van der Waals surface area contributed by atoms with Crippen LogP contribution < -0.4 is 14.5 Å². The molecule has 1 aliphatic heterocycles. The summed E-state index contributed by atoms with van der Waals surface area (Å²) in [6, 6.07) is 4.07. The van der Waals surface area contributed by atoms with Crippen LogP contribution in [0, 0.1) is 10.1 Å². The van der Waals surface area contributed by atoms with E-state index in [0.29, 0.717) is 25.3 Å². The Morgan fingerprint density at radius 3 is 2.70 bits per heavy atom. The fourth-order valence-corrected chi connectivity index (χ4v) is 3.73. The fraction of sp³-hybridized carbons (Fsp3) is 0.500. The van der Waals surface area contributed by atoms with E-state index < -0.39 is 23.0 Å². The molecule has 0 aliphatic carbocycles. The van der Waals surface area contributed by atoms with Crippen molar-refractivity contribution >= 4 is 28.0 Å². The summed E-state index contributed by atoms with van der Waals surface area (Å²) in [5.74, 6) is 0.394. The van der Waals surface area contributed by atoms with E-state index in [1.807, 2.05) is 11.8 Å². The second-order valence-electron chi connectivity index (χ2n) is 5.96. The maximum Gasteiger partial charge on any atom is 0.387 e. The summed E-state index contributed by atoms with van der Waals surface area (Å²) in [5.41, 5.74) is 0.140. The van der Waals surface area contributed by atoms with Crippen LogP contribution in [-0.2, 0) is 6.42 Å². The predicted octanol–water partition coefficient (Wildman–Crippen LogP) is 3.33. The van der Waals surface area contributed by atoms with Gasteiger partial charge in [-0.1, -0.05) is 6.92 Å². The smallest absolute Gasteiger partial charge is 0.387 e. The van der Waals surface area contributed by atoms with Gasteiger partial charge in [-0.25, -0.2) is 4.98 Å². The van der Waals surface area contributed by atoms with Crippen LogP contribution in [0.1, 0.15) is 19.2 Å². The van der Waals surface area contributed by atoms with Crippen LogP contribution in [0.4, 0.5) is 25.3 Å². The van der Waals surface area contributed by atoms with Crippen LogP contribution in [0.3, 0.4) is 0 Å². The molecule has 1 fully saturated rings. The number of nitrogens with zero attached hydrogens (tertiary/aromatic N) is 5. The average molecular weight is 399 g/mol. The Bertz CT molecular complexity index is 804. The van der Waals surface area contributed by atoms with Gasteiger partial charge < -0.3 is 14.5 Å². The van der Waals surface area contributed by atoms with E-state index in [9.17, 15) is 18.9 Å². The van der Waals surface area contributed by atoms with Gasteiger partial charge in [0.15, 0.2) is 0 Å². The Morgan fingerprint density at radius 1 is 1.30 bits per heavy atom. The van der Waals surface area contributed by atoms with Crippen molar-refractivity contribution < 1.29 is 18.4 Å². The molecule has 0 spiro atoms. The van der Waals surface area contributed by atoms with E-state index in [-0.39, 0.29) is 0 Å². The maximum absolute atomic E-state index is 12.6. The lowest BCUT2D eigenvalue weighted by Gasteiger charge is -2.23. The molecule has 0 amide bonds. The molecule has 0 bridgehead atoms. The van der Waals surface area contributed by atoms with Crippen molar-refractivity contribution in [2.45, 2.75) is 26.4 Å². The van der Waals surface area contributed by atoms with E-state index in [2.05, 4.69) is 19.0 Å². The van der Waals surface area contributed by atoms with Crippen molar-refractivity contribution in [3.8, 4) is 5.75 Å². The number of anilines is 2. The monoisotopic (exact) mass is 399 g/mol. The number of ether oxygens (including phenoxy) is 1. The lowest BCUT2D eigenvalue weighted by atomic mass is 10.2. The summed E-state index contributed by atoms with van der Waals surface area (Å²) >= 11 is 1.37. The van der Waals surface area contributed by atoms with Gasteiger partial charge in [-0.2, -0.15) is 13.2 Å². The number of hydrogen-bond donors (Lipinski definition) is 0. The largest absolute Gasteiger partial charge is 0.427 e. The summed E-state index contributed by atoms with van der Waals surface area (Å²) in [4.78, 5) is 19.0. The molecule has 1 saturated heterocycles. The van der Waals surface area contributed by atoms with E-state index in [1.165, 1.54) is 23.7 Å². The Labute approximate surface area is 158 Å². The zero-order valence-electron chi connectivity index (χ0n) is 14.7. The van der Waals surface area contributed by atoms with Crippen LogP contribution in [0.25, 0.3) is 0 Å². The standard InChI is InChI=1S/C16H19F2N5O3S/c1-2-14-19-16(27-20-14)22-7-3-6-21(8-9-22)11-4-5-12(23(24)25)13(10-11)26-15(17)18/h4-5,10,15H,2-3,6-9H2,1H3. The van der Waals surface area contributed by atoms with Crippen molar-refractivity contribution in [2.24, 2.45) is 0 Å². The maximum atomic E-state index is 12.6. The molecule has 0 unspecified atom stereocenters. The molecule has 1 aromatic heterocycles. The second kappa shape index (κ2) is 8.42. The molecule has 1 aromatic carbocycles. The molecule has 0 N–H and O–H groups in total. The highest BCUT2D eigenvalue weighted by atomic mass is 32.1. The zero-order chi connectivity index (χ0) is 19.4. The topological polar surface area (TPSA) is 84.6 Å². The summed E-state index contributed by atoms with van der Waals surface area (Å²) in [6.45, 7) is 1.71. The molecule has 0 saturated carbocycles. The van der Waals surface area contributed by atoms with Gasteiger partial charge in [0.2, 0.25) is 10.9 Å². The van der Waals surface area contributed by atoms with Crippen molar-refractivity contribution in [3.63, 3.8) is 0 Å². The number of aryl methyl sites for hydroxylation is 1. The molecule has 0 radical (unpaired) electrons. The third kappa shape index (κ3) is 4.59. The van der Waals surface area contributed by atoms with E-state index >= 15 is 0 Å².